The fourth-order valence-corrected chi connectivity index (χ4v) is 1.89. The number of hydrogen-bond acceptors (Lipinski definition) is 2. The van der Waals surface area contributed by atoms with Gasteiger partial charge < -0.3 is 15.7 Å². The summed E-state index contributed by atoms with van der Waals surface area (Å²) in [6, 6.07) is 0.160. The molecule has 4 nitrogen and oxygen atoms in total. The highest BCUT2D eigenvalue weighted by atomic mass is 16.3. The Morgan fingerprint density at radius 3 is 2.33 bits per heavy atom. The zero-order valence-corrected chi connectivity index (χ0v) is 10.2. The molecule has 0 aromatic rings. The molecule has 0 aromatic carbocycles. The van der Waals surface area contributed by atoms with Crippen molar-refractivity contribution in [1.29, 1.82) is 0 Å². The largest absolute Gasteiger partial charge is 0.392 e. The summed E-state index contributed by atoms with van der Waals surface area (Å²) in [4.78, 5) is 6.52. The second-order valence-electron chi connectivity index (χ2n) is 4.75. The van der Waals surface area contributed by atoms with Gasteiger partial charge in [0.1, 0.15) is 0 Å². The van der Waals surface area contributed by atoms with Gasteiger partial charge in [0.25, 0.3) is 0 Å². The van der Waals surface area contributed by atoms with Crippen molar-refractivity contribution in [3.05, 3.63) is 0 Å². The quantitative estimate of drug-likeness (QED) is 0.538. The first-order valence-corrected chi connectivity index (χ1v) is 5.69. The normalized spacial score (nSPS) is 29.8. The van der Waals surface area contributed by atoms with Crippen molar-refractivity contribution in [2.24, 2.45) is 16.1 Å². The molecule has 2 unspecified atom stereocenters. The summed E-state index contributed by atoms with van der Waals surface area (Å²) in [6.45, 7) is 9.94. The average molecular weight is 213 g/mol. The Morgan fingerprint density at radius 1 is 1.47 bits per heavy atom. The summed E-state index contributed by atoms with van der Waals surface area (Å²) in [5.74, 6) is 0.602. The minimum atomic E-state index is -0.240. The van der Waals surface area contributed by atoms with Gasteiger partial charge in [0.15, 0.2) is 5.96 Å². The highest BCUT2D eigenvalue weighted by Crippen LogP contribution is 2.42. The molecular weight excluding hydrogens is 190 g/mol. The van der Waals surface area contributed by atoms with Gasteiger partial charge in [-0.15, -0.1) is 0 Å². The van der Waals surface area contributed by atoms with Gasteiger partial charge in [-0.25, -0.2) is 4.99 Å². The first-order chi connectivity index (χ1) is 6.93. The van der Waals surface area contributed by atoms with E-state index in [4.69, 9.17) is 5.73 Å². The molecule has 0 radical (unpaired) electrons. The molecular formula is C11H23N3O. The van der Waals surface area contributed by atoms with Crippen molar-refractivity contribution in [3.63, 3.8) is 0 Å². The maximum absolute atomic E-state index is 9.59. The predicted octanol–water partition coefficient (Wildman–Crippen LogP) is 0.802. The molecule has 3 N–H and O–H groups in total. The van der Waals surface area contributed by atoms with E-state index in [1.807, 2.05) is 18.7 Å². The summed E-state index contributed by atoms with van der Waals surface area (Å²) in [5, 5.41) is 9.59. The van der Waals surface area contributed by atoms with Gasteiger partial charge in [-0.3, -0.25) is 0 Å². The van der Waals surface area contributed by atoms with Crippen molar-refractivity contribution >= 4 is 5.96 Å². The van der Waals surface area contributed by atoms with E-state index >= 15 is 0 Å². The number of aliphatic hydroxyl groups excluding tert-OH is 1. The molecule has 2 atom stereocenters. The summed E-state index contributed by atoms with van der Waals surface area (Å²) in [5.41, 5.74) is 5.78. The number of hydrogen-bond donors (Lipinski definition) is 2. The summed E-state index contributed by atoms with van der Waals surface area (Å²) in [6.07, 6.45) is 0.491. The van der Waals surface area contributed by atoms with E-state index in [9.17, 15) is 5.11 Å². The van der Waals surface area contributed by atoms with E-state index in [0.29, 0.717) is 5.96 Å². The van der Waals surface area contributed by atoms with Crippen LogP contribution in [0.15, 0.2) is 4.99 Å². The predicted molar refractivity (Wildman–Crippen MR) is 62.7 cm³/mol. The van der Waals surface area contributed by atoms with Crippen LogP contribution in [0.1, 0.15) is 34.1 Å². The van der Waals surface area contributed by atoms with Crippen LogP contribution in [0.25, 0.3) is 0 Å². The van der Waals surface area contributed by atoms with E-state index < -0.39 is 0 Å². The van der Waals surface area contributed by atoms with Crippen LogP contribution in [0.5, 0.6) is 0 Å². The molecule has 4 heteroatoms. The fourth-order valence-electron chi connectivity index (χ4n) is 1.89. The first-order valence-electron chi connectivity index (χ1n) is 5.69. The van der Waals surface area contributed by atoms with Crippen molar-refractivity contribution in [3.8, 4) is 0 Å². The molecule has 0 amide bonds. The second-order valence-corrected chi connectivity index (χ2v) is 4.75. The molecule has 0 aromatic heterocycles. The third kappa shape index (κ3) is 2.25. The van der Waals surface area contributed by atoms with E-state index in [-0.39, 0.29) is 17.6 Å². The number of aliphatic hydroxyl groups is 1. The van der Waals surface area contributed by atoms with Crippen molar-refractivity contribution in [1.82, 2.24) is 4.90 Å². The van der Waals surface area contributed by atoms with Gasteiger partial charge in [-0.1, -0.05) is 13.8 Å². The average Bonchev–Trinajstić information content (AvgIpc) is 2.19. The minimum Gasteiger partial charge on any atom is -0.392 e. The van der Waals surface area contributed by atoms with Crippen LogP contribution in [0.4, 0.5) is 0 Å². The van der Waals surface area contributed by atoms with Crippen molar-refractivity contribution in [2.45, 2.75) is 46.3 Å². The van der Waals surface area contributed by atoms with Crippen LogP contribution in [0, 0.1) is 5.41 Å². The topological polar surface area (TPSA) is 61.8 Å². The van der Waals surface area contributed by atoms with Crippen LogP contribution in [-0.4, -0.2) is 41.2 Å². The second kappa shape index (κ2) is 4.39. The van der Waals surface area contributed by atoms with Gasteiger partial charge in [0.2, 0.25) is 0 Å². The van der Waals surface area contributed by atoms with Crippen LogP contribution in [0.2, 0.25) is 0 Å². The van der Waals surface area contributed by atoms with Gasteiger partial charge in [0.05, 0.1) is 12.1 Å². The van der Waals surface area contributed by atoms with Gasteiger partial charge >= 0.3 is 0 Å². The summed E-state index contributed by atoms with van der Waals surface area (Å²) in [7, 11) is 0. The molecule has 0 bridgehead atoms. The number of guanidine groups is 1. The van der Waals surface area contributed by atoms with E-state index in [2.05, 4.69) is 18.8 Å². The molecule has 1 aliphatic rings. The molecule has 1 aliphatic carbocycles. The van der Waals surface area contributed by atoms with Crippen molar-refractivity contribution in [2.75, 3.05) is 13.1 Å². The Morgan fingerprint density at radius 2 is 2.00 bits per heavy atom. The maximum atomic E-state index is 9.59. The molecule has 0 spiro atoms. The standard InChI is InChI=1S/C11H23N3O/c1-5-14(6-2)10(12)13-8-7-9(15)11(8,3)4/h8-9,15H,5-7H2,1-4H3,(H2,12,13). The number of nitrogens with two attached hydrogens (primary N) is 1. The van der Waals surface area contributed by atoms with E-state index in [1.54, 1.807) is 0 Å². The molecule has 1 fully saturated rings. The lowest BCUT2D eigenvalue weighted by Crippen LogP contribution is -2.53. The molecule has 88 valence electrons. The SMILES string of the molecule is CCN(CC)C(N)=NC1CC(O)C1(C)C. The highest BCUT2D eigenvalue weighted by Gasteiger charge is 2.47. The van der Waals surface area contributed by atoms with E-state index in [1.165, 1.54) is 0 Å². The molecule has 1 saturated carbocycles. The van der Waals surface area contributed by atoms with Crippen LogP contribution < -0.4 is 5.73 Å². The third-order valence-corrected chi connectivity index (χ3v) is 3.54. The smallest absolute Gasteiger partial charge is 0.191 e. The van der Waals surface area contributed by atoms with Gasteiger partial charge in [0, 0.05) is 18.5 Å². The summed E-state index contributed by atoms with van der Waals surface area (Å²) >= 11 is 0. The zero-order valence-electron chi connectivity index (χ0n) is 10.2. The van der Waals surface area contributed by atoms with Crippen LogP contribution in [0.3, 0.4) is 0 Å². The van der Waals surface area contributed by atoms with Crippen molar-refractivity contribution < 1.29 is 5.11 Å². The zero-order chi connectivity index (χ0) is 11.6. The Labute approximate surface area is 92.2 Å². The first kappa shape index (κ1) is 12.3. The molecule has 0 aliphatic heterocycles. The van der Waals surface area contributed by atoms with Crippen LogP contribution >= 0.6 is 0 Å². The molecule has 1 rings (SSSR count). The molecule has 15 heavy (non-hydrogen) atoms. The monoisotopic (exact) mass is 213 g/mol. The Balaban J connectivity index is 2.64. The van der Waals surface area contributed by atoms with E-state index in [0.717, 1.165) is 19.5 Å². The van der Waals surface area contributed by atoms with Gasteiger partial charge in [-0.2, -0.15) is 0 Å². The Bertz CT molecular complexity index is 246. The third-order valence-electron chi connectivity index (χ3n) is 3.54. The summed E-state index contributed by atoms with van der Waals surface area (Å²) < 4.78 is 0. The number of rotatable bonds is 3. The fraction of sp³-hybridized carbons (Fsp3) is 0.909. The molecule has 0 heterocycles. The number of aliphatic imine (C=N–C) groups is 1. The lowest BCUT2D eigenvalue weighted by molar-refractivity contribution is -0.0579. The molecule has 0 saturated heterocycles. The Kier molecular flexibility index (Phi) is 3.60. The van der Waals surface area contributed by atoms with Crippen LogP contribution in [-0.2, 0) is 0 Å². The maximum Gasteiger partial charge on any atom is 0.191 e. The Hall–Kier alpha value is -0.770. The highest BCUT2D eigenvalue weighted by molar-refractivity contribution is 5.78. The lowest BCUT2D eigenvalue weighted by atomic mass is 9.65. The number of nitrogens with zero attached hydrogens (tertiary/aromatic N) is 2. The lowest BCUT2D eigenvalue weighted by Gasteiger charge is -2.47. The van der Waals surface area contributed by atoms with Gasteiger partial charge in [-0.05, 0) is 20.3 Å². The minimum absolute atomic E-state index is 0.127.